The summed E-state index contributed by atoms with van der Waals surface area (Å²) in [6.07, 6.45) is 7.63. The lowest BCUT2D eigenvalue weighted by Gasteiger charge is -2.13. The molecule has 0 aromatic heterocycles. The van der Waals surface area contributed by atoms with E-state index in [2.05, 4.69) is 17.2 Å². The summed E-state index contributed by atoms with van der Waals surface area (Å²) >= 11 is 0. The normalized spacial score (nSPS) is 18.0. The van der Waals surface area contributed by atoms with Crippen molar-refractivity contribution < 1.29 is 9.90 Å². The summed E-state index contributed by atoms with van der Waals surface area (Å²) in [4.78, 5) is 10.1. The van der Waals surface area contributed by atoms with Gasteiger partial charge in [0.1, 0.15) is 0 Å². The summed E-state index contributed by atoms with van der Waals surface area (Å²) in [5, 5.41) is 11.6. The minimum absolute atomic E-state index is 0.497. The van der Waals surface area contributed by atoms with Gasteiger partial charge in [0.25, 0.3) is 0 Å². The van der Waals surface area contributed by atoms with Crippen LogP contribution in [0.25, 0.3) is 0 Å². The SMILES string of the molecule is O=C(O)C#CCNC1CCCCCC1. The zero-order valence-electron chi connectivity index (χ0n) is 8.38. The molecule has 3 nitrogen and oxygen atoms in total. The van der Waals surface area contributed by atoms with E-state index in [1.54, 1.807) is 0 Å². The average Bonchev–Trinajstić information content (AvgIpc) is 2.40. The van der Waals surface area contributed by atoms with Crippen LogP contribution in [0.4, 0.5) is 0 Å². The molecule has 1 aliphatic carbocycles. The number of hydrogen-bond acceptors (Lipinski definition) is 2. The van der Waals surface area contributed by atoms with Gasteiger partial charge in [0.05, 0.1) is 6.54 Å². The molecule has 0 radical (unpaired) electrons. The zero-order valence-corrected chi connectivity index (χ0v) is 8.38. The van der Waals surface area contributed by atoms with Crippen LogP contribution < -0.4 is 5.32 Å². The van der Waals surface area contributed by atoms with Crippen molar-refractivity contribution in [3.8, 4) is 11.8 Å². The molecule has 1 aliphatic rings. The number of hydrogen-bond donors (Lipinski definition) is 2. The van der Waals surface area contributed by atoms with Gasteiger partial charge in [0.15, 0.2) is 0 Å². The lowest BCUT2D eigenvalue weighted by Crippen LogP contribution is -2.28. The van der Waals surface area contributed by atoms with Crippen LogP contribution in [0.2, 0.25) is 0 Å². The fraction of sp³-hybridized carbons (Fsp3) is 0.727. The van der Waals surface area contributed by atoms with E-state index in [4.69, 9.17) is 5.11 Å². The first-order valence-electron chi connectivity index (χ1n) is 5.24. The topological polar surface area (TPSA) is 49.3 Å². The highest BCUT2D eigenvalue weighted by molar-refractivity contribution is 5.86. The van der Waals surface area contributed by atoms with Gasteiger partial charge in [-0.05, 0) is 12.8 Å². The summed E-state index contributed by atoms with van der Waals surface area (Å²) in [5.41, 5.74) is 0. The van der Waals surface area contributed by atoms with E-state index in [9.17, 15) is 4.79 Å². The Morgan fingerprint density at radius 2 is 1.93 bits per heavy atom. The van der Waals surface area contributed by atoms with Crippen LogP contribution in [0, 0.1) is 11.8 Å². The molecule has 3 heteroatoms. The molecule has 0 unspecified atom stereocenters. The van der Waals surface area contributed by atoms with Gasteiger partial charge in [-0.1, -0.05) is 31.6 Å². The molecule has 1 fully saturated rings. The first kappa shape index (κ1) is 11.1. The van der Waals surface area contributed by atoms with E-state index < -0.39 is 5.97 Å². The predicted molar refractivity (Wildman–Crippen MR) is 54.9 cm³/mol. The molecular weight excluding hydrogens is 178 g/mol. The Kier molecular flexibility index (Phi) is 5.09. The molecule has 0 atom stereocenters. The Labute approximate surface area is 84.9 Å². The third-order valence-corrected chi connectivity index (χ3v) is 2.53. The van der Waals surface area contributed by atoms with Crippen LogP contribution in [-0.2, 0) is 4.79 Å². The van der Waals surface area contributed by atoms with Crippen molar-refractivity contribution in [3.05, 3.63) is 0 Å². The third-order valence-electron chi connectivity index (χ3n) is 2.53. The average molecular weight is 195 g/mol. The van der Waals surface area contributed by atoms with Crippen LogP contribution in [0.5, 0.6) is 0 Å². The van der Waals surface area contributed by atoms with Crippen LogP contribution in [0.15, 0.2) is 0 Å². The van der Waals surface area contributed by atoms with E-state index in [-0.39, 0.29) is 0 Å². The molecule has 78 valence electrons. The van der Waals surface area contributed by atoms with E-state index in [1.165, 1.54) is 38.5 Å². The first-order valence-corrected chi connectivity index (χ1v) is 5.24. The first-order chi connectivity index (χ1) is 6.79. The summed E-state index contributed by atoms with van der Waals surface area (Å²) in [7, 11) is 0. The van der Waals surface area contributed by atoms with Crippen molar-refractivity contribution in [1.82, 2.24) is 5.32 Å². The van der Waals surface area contributed by atoms with Gasteiger partial charge in [-0.2, -0.15) is 0 Å². The minimum atomic E-state index is -1.05. The Bertz CT molecular complexity index is 231. The monoisotopic (exact) mass is 195 g/mol. The second-order valence-corrected chi connectivity index (χ2v) is 3.68. The van der Waals surface area contributed by atoms with Crippen molar-refractivity contribution in [2.24, 2.45) is 0 Å². The van der Waals surface area contributed by atoms with Gasteiger partial charge >= 0.3 is 5.97 Å². The number of carbonyl (C=O) groups is 1. The van der Waals surface area contributed by atoms with Gasteiger partial charge < -0.3 is 10.4 Å². The molecule has 0 saturated heterocycles. The quantitative estimate of drug-likeness (QED) is 0.517. The van der Waals surface area contributed by atoms with Gasteiger partial charge in [-0.25, -0.2) is 4.79 Å². The summed E-state index contributed by atoms with van der Waals surface area (Å²) < 4.78 is 0. The number of carboxylic acid groups (broad SMARTS) is 1. The fourth-order valence-electron chi connectivity index (χ4n) is 1.80. The maximum Gasteiger partial charge on any atom is 0.381 e. The van der Waals surface area contributed by atoms with Crippen molar-refractivity contribution in [2.75, 3.05) is 6.54 Å². The van der Waals surface area contributed by atoms with Gasteiger partial charge in [-0.15, -0.1) is 0 Å². The summed E-state index contributed by atoms with van der Waals surface area (Å²) in [5.74, 6) is 3.65. The van der Waals surface area contributed by atoms with E-state index in [0.29, 0.717) is 12.6 Å². The maximum atomic E-state index is 10.1. The van der Waals surface area contributed by atoms with Crippen LogP contribution >= 0.6 is 0 Å². The molecule has 0 aromatic carbocycles. The molecule has 0 heterocycles. The number of rotatable bonds is 2. The minimum Gasteiger partial charge on any atom is -0.472 e. The third kappa shape index (κ3) is 4.88. The highest BCUT2D eigenvalue weighted by Gasteiger charge is 2.09. The Hall–Kier alpha value is -1.01. The molecule has 1 rings (SSSR count). The number of aliphatic carboxylic acids is 1. The maximum absolute atomic E-state index is 10.1. The fourth-order valence-corrected chi connectivity index (χ4v) is 1.80. The van der Waals surface area contributed by atoms with Crippen LogP contribution in [-0.4, -0.2) is 23.7 Å². The molecular formula is C11H17NO2. The Morgan fingerprint density at radius 3 is 2.50 bits per heavy atom. The Balaban J connectivity index is 2.17. The van der Waals surface area contributed by atoms with Crippen molar-refractivity contribution in [2.45, 2.75) is 44.6 Å². The van der Waals surface area contributed by atoms with Gasteiger partial charge in [0.2, 0.25) is 0 Å². The highest BCUT2D eigenvalue weighted by atomic mass is 16.4. The van der Waals surface area contributed by atoms with Gasteiger partial charge in [-0.3, -0.25) is 0 Å². The number of carboxylic acids is 1. The smallest absolute Gasteiger partial charge is 0.381 e. The standard InChI is InChI=1S/C11H17NO2/c13-11(14)8-5-9-12-10-6-3-1-2-4-7-10/h10,12H,1-4,6-7,9H2,(H,13,14). The second kappa shape index (κ2) is 6.44. The second-order valence-electron chi connectivity index (χ2n) is 3.68. The molecule has 0 aromatic rings. The molecule has 2 N–H and O–H groups in total. The molecule has 0 spiro atoms. The van der Waals surface area contributed by atoms with Crippen LogP contribution in [0.3, 0.4) is 0 Å². The summed E-state index contributed by atoms with van der Waals surface area (Å²) in [6, 6.07) is 0.542. The predicted octanol–water partition coefficient (Wildman–Crippen LogP) is 1.39. The lowest BCUT2D eigenvalue weighted by molar-refractivity contribution is -0.130. The summed E-state index contributed by atoms with van der Waals surface area (Å²) in [6.45, 7) is 0.497. The molecule has 1 saturated carbocycles. The van der Waals surface area contributed by atoms with Gasteiger partial charge in [0, 0.05) is 12.0 Å². The molecule has 14 heavy (non-hydrogen) atoms. The van der Waals surface area contributed by atoms with E-state index in [0.717, 1.165) is 0 Å². The highest BCUT2D eigenvalue weighted by Crippen LogP contribution is 2.16. The molecule has 0 bridgehead atoms. The van der Waals surface area contributed by atoms with E-state index in [1.807, 2.05) is 0 Å². The number of nitrogens with one attached hydrogen (secondary N) is 1. The van der Waals surface area contributed by atoms with Crippen LogP contribution in [0.1, 0.15) is 38.5 Å². The zero-order chi connectivity index (χ0) is 10.2. The van der Waals surface area contributed by atoms with Crippen molar-refractivity contribution >= 4 is 5.97 Å². The molecule has 0 amide bonds. The molecule has 0 aliphatic heterocycles. The van der Waals surface area contributed by atoms with E-state index >= 15 is 0 Å². The lowest BCUT2D eigenvalue weighted by atomic mass is 10.1. The Morgan fingerprint density at radius 1 is 1.29 bits per heavy atom. The van der Waals surface area contributed by atoms with Crippen molar-refractivity contribution in [3.63, 3.8) is 0 Å². The largest absolute Gasteiger partial charge is 0.472 e. The van der Waals surface area contributed by atoms with Crippen molar-refractivity contribution in [1.29, 1.82) is 0 Å².